The van der Waals surface area contributed by atoms with Crippen LogP contribution in [0.4, 0.5) is 0 Å². The Balaban J connectivity index is 0. The summed E-state index contributed by atoms with van der Waals surface area (Å²) in [5.41, 5.74) is 0. The fraction of sp³-hybridized carbons (Fsp3) is 1.00. The normalized spacial score (nSPS) is 10.0. The molecule has 4 heteroatoms. The van der Waals surface area contributed by atoms with Crippen LogP contribution in [0.1, 0.15) is 90.9 Å². The summed E-state index contributed by atoms with van der Waals surface area (Å²) in [6.07, 6.45) is 16.6. The van der Waals surface area contributed by atoms with E-state index in [0.717, 1.165) is 13.1 Å². The zero-order valence-corrected chi connectivity index (χ0v) is 16.7. The molecule has 0 radical (unpaired) electrons. The summed E-state index contributed by atoms with van der Waals surface area (Å²) < 4.78 is 0. The molecule has 0 rings (SSSR count). The Labute approximate surface area is 144 Å². The van der Waals surface area contributed by atoms with Crippen molar-refractivity contribution >= 4 is 18.6 Å². The molecular weight excluding hydrogens is 325 g/mol. The molecule has 0 atom stereocenters. The van der Waals surface area contributed by atoms with E-state index in [1.807, 2.05) is 0 Å². The monoisotopic (exact) mass is 358 g/mol. The molecule has 0 aromatic heterocycles. The summed E-state index contributed by atoms with van der Waals surface area (Å²) >= 11 is -0.556. The van der Waals surface area contributed by atoms with Crippen LogP contribution in [0.5, 0.6) is 0 Å². The van der Waals surface area contributed by atoms with Gasteiger partial charge in [0.1, 0.15) is 0 Å². The molecule has 0 aromatic rings. The third-order valence-electron chi connectivity index (χ3n) is 3.34. The van der Waals surface area contributed by atoms with Crippen molar-refractivity contribution in [1.82, 2.24) is 0 Å². The number of hydrogen-bond donors (Lipinski definition) is 0. The number of nitrogens with zero attached hydrogens (tertiary/aromatic N) is 1. The molecule has 0 aromatic carbocycles. The van der Waals surface area contributed by atoms with Gasteiger partial charge in [-0.2, -0.15) is 0 Å². The summed E-state index contributed by atoms with van der Waals surface area (Å²) in [6, 6.07) is 0. The number of unbranched alkanes of at least 4 members (excludes halogenated alkanes) is 10. The maximum atomic E-state index is 4.89. The molecule has 0 unspecified atom stereocenters. The van der Waals surface area contributed by atoms with Crippen LogP contribution in [0.3, 0.4) is 0 Å². The van der Waals surface area contributed by atoms with E-state index >= 15 is 0 Å². The third kappa shape index (κ3) is 27.6. The van der Waals surface area contributed by atoms with Crippen LogP contribution in [-0.2, 0) is 17.0 Å². The summed E-state index contributed by atoms with van der Waals surface area (Å²) in [5, 5.41) is 4.61. The molecule has 0 N–H and O–H groups in total. The number of hydrogen-bond acceptors (Lipinski definition) is 0. The first-order valence-corrected chi connectivity index (χ1v) is 12.7. The molecule has 0 aliphatic heterocycles. The van der Waals surface area contributed by atoms with E-state index in [2.05, 4.69) is 19.2 Å². The molecule has 0 aliphatic carbocycles. The second-order valence-electron chi connectivity index (χ2n) is 5.28. The van der Waals surface area contributed by atoms with Crippen molar-refractivity contribution < 1.29 is 17.0 Å². The Morgan fingerprint density at radius 1 is 0.600 bits per heavy atom. The molecule has 0 spiro atoms. The van der Waals surface area contributed by atoms with Crippen molar-refractivity contribution in [3.63, 3.8) is 0 Å². The Hall–Kier alpha value is 1.25. The number of halogens is 2. The van der Waals surface area contributed by atoms with Crippen molar-refractivity contribution in [2.75, 3.05) is 13.1 Å². The molecule has 0 bridgehead atoms. The van der Waals surface area contributed by atoms with Gasteiger partial charge in [0.25, 0.3) is 0 Å². The van der Waals surface area contributed by atoms with Gasteiger partial charge in [-0.1, -0.05) is 90.9 Å². The van der Waals surface area contributed by atoms with Crippen LogP contribution >= 0.6 is 18.6 Å². The third-order valence-corrected chi connectivity index (χ3v) is 3.34. The van der Waals surface area contributed by atoms with Crippen molar-refractivity contribution in [3.05, 3.63) is 5.32 Å². The van der Waals surface area contributed by atoms with Gasteiger partial charge in [-0.3, -0.25) is 0 Å². The molecule has 122 valence electrons. The van der Waals surface area contributed by atoms with Crippen LogP contribution in [0.2, 0.25) is 0 Å². The van der Waals surface area contributed by atoms with Gasteiger partial charge < -0.3 is 5.32 Å². The van der Waals surface area contributed by atoms with E-state index in [1.54, 1.807) is 0 Å². The van der Waals surface area contributed by atoms with Gasteiger partial charge >= 0.3 is 35.6 Å². The van der Waals surface area contributed by atoms with E-state index in [4.69, 9.17) is 18.6 Å². The molecular formula is C16H34Cl2NTi-. The molecule has 0 saturated heterocycles. The fourth-order valence-electron chi connectivity index (χ4n) is 2.12. The summed E-state index contributed by atoms with van der Waals surface area (Å²) in [4.78, 5) is 0. The maximum absolute atomic E-state index is 4.89. The Kier molecular flexibility index (Phi) is 29.7. The standard InChI is InChI=1S/C16H34N.2ClH.Ti/c1-3-5-7-9-11-13-15-17-16-14-12-10-8-6-4-2;;;/h3-16H2,1-2H3;2*1H;/q-1;;;+2/p-2. The first-order chi connectivity index (χ1) is 9.83. The second-order valence-corrected chi connectivity index (χ2v) is 7.86. The summed E-state index contributed by atoms with van der Waals surface area (Å²) in [6.45, 7) is 6.77. The van der Waals surface area contributed by atoms with E-state index in [1.165, 1.54) is 77.0 Å². The molecule has 0 fully saturated rings. The van der Waals surface area contributed by atoms with Crippen LogP contribution in [0.25, 0.3) is 5.32 Å². The van der Waals surface area contributed by atoms with Crippen molar-refractivity contribution in [2.45, 2.75) is 90.9 Å². The zero-order chi connectivity index (χ0) is 15.3. The molecule has 0 amide bonds. The summed E-state index contributed by atoms with van der Waals surface area (Å²) in [5.74, 6) is 0. The molecule has 20 heavy (non-hydrogen) atoms. The van der Waals surface area contributed by atoms with Crippen LogP contribution in [-0.4, -0.2) is 13.1 Å². The second kappa shape index (κ2) is 25.2. The minimum atomic E-state index is -0.556. The van der Waals surface area contributed by atoms with Crippen LogP contribution in [0, 0.1) is 0 Å². The van der Waals surface area contributed by atoms with Gasteiger partial charge in [0.15, 0.2) is 0 Å². The van der Waals surface area contributed by atoms with Crippen molar-refractivity contribution in [3.8, 4) is 0 Å². The van der Waals surface area contributed by atoms with Crippen LogP contribution < -0.4 is 0 Å². The number of rotatable bonds is 14. The Morgan fingerprint density at radius 2 is 0.900 bits per heavy atom. The van der Waals surface area contributed by atoms with Gasteiger partial charge in [0, 0.05) is 0 Å². The first kappa shape index (κ1) is 23.5. The SMILES string of the molecule is CCCCCCCC[N-]CCCCCCCC.[Cl][Ti][Cl]. The average Bonchev–Trinajstić information content (AvgIpc) is 2.45. The Bertz CT molecular complexity index is 134. The zero-order valence-electron chi connectivity index (χ0n) is 13.6. The first-order valence-electron chi connectivity index (χ1n) is 8.42. The topological polar surface area (TPSA) is 14.1 Å². The minimum absolute atomic E-state index is 0.556. The van der Waals surface area contributed by atoms with Gasteiger partial charge in [0.2, 0.25) is 0 Å². The molecule has 0 heterocycles. The summed E-state index contributed by atoms with van der Waals surface area (Å²) in [7, 11) is 9.78. The molecule has 0 saturated carbocycles. The Morgan fingerprint density at radius 3 is 1.25 bits per heavy atom. The predicted molar refractivity (Wildman–Crippen MR) is 91.6 cm³/mol. The van der Waals surface area contributed by atoms with E-state index < -0.39 is 17.0 Å². The fourth-order valence-corrected chi connectivity index (χ4v) is 2.12. The predicted octanol–water partition coefficient (Wildman–Crippen LogP) is 7.46. The van der Waals surface area contributed by atoms with Gasteiger partial charge in [-0.05, 0) is 0 Å². The van der Waals surface area contributed by atoms with Crippen LogP contribution in [0.15, 0.2) is 0 Å². The average molecular weight is 359 g/mol. The van der Waals surface area contributed by atoms with Crippen molar-refractivity contribution in [2.24, 2.45) is 0 Å². The van der Waals surface area contributed by atoms with Gasteiger partial charge in [-0.15, -0.1) is 13.1 Å². The van der Waals surface area contributed by atoms with E-state index in [9.17, 15) is 0 Å². The van der Waals surface area contributed by atoms with Crippen molar-refractivity contribution in [1.29, 1.82) is 0 Å². The van der Waals surface area contributed by atoms with Gasteiger partial charge in [-0.25, -0.2) is 0 Å². The van der Waals surface area contributed by atoms with Gasteiger partial charge in [0.05, 0.1) is 0 Å². The molecule has 0 aliphatic rings. The quantitative estimate of drug-likeness (QED) is 0.226. The van der Waals surface area contributed by atoms with E-state index in [0.29, 0.717) is 0 Å². The van der Waals surface area contributed by atoms with E-state index in [-0.39, 0.29) is 0 Å². The molecule has 1 nitrogen and oxygen atoms in total.